The Morgan fingerprint density at radius 3 is 0.364 bits per heavy atom. The van der Waals surface area contributed by atoms with Crippen molar-refractivity contribution in [1.29, 1.82) is 0 Å². The molecule has 0 aromatic heterocycles. The molecule has 0 fully saturated rings. The van der Waals surface area contributed by atoms with E-state index in [1.165, 1.54) is 0 Å². The fourth-order valence-corrected chi connectivity index (χ4v) is 0. The van der Waals surface area contributed by atoms with Gasteiger partial charge in [0.05, 0.1) is 0 Å². The van der Waals surface area contributed by atoms with Crippen LogP contribution in [0.25, 0.3) is 0 Å². The molecule has 0 rings (SSSR count). The van der Waals surface area contributed by atoms with Crippen LogP contribution in [0.4, 0.5) is 0 Å². The average molecular weight is 352 g/mol. The van der Waals surface area contributed by atoms with Gasteiger partial charge in [0.15, 0.2) is 0 Å². The van der Waals surface area contributed by atoms with Crippen molar-refractivity contribution in [3.8, 4) is 0 Å². The van der Waals surface area contributed by atoms with E-state index in [1.54, 1.807) is 0 Å². The van der Waals surface area contributed by atoms with E-state index >= 15 is 0 Å². The summed E-state index contributed by atoms with van der Waals surface area (Å²) in [5.41, 5.74) is 0. The third-order valence-electron chi connectivity index (χ3n) is 0. The maximum Gasteiger partial charge on any atom is 4.00 e. The molecule has 0 saturated heterocycles. The van der Waals surface area contributed by atoms with Gasteiger partial charge in [0.1, 0.15) is 0 Å². The predicted molar refractivity (Wildman–Crippen MR) is 15.5 cm³/mol. The topological polar surface area (TPSA) is 240 Å². The molecule has 0 unspecified atom stereocenters. The van der Waals surface area contributed by atoms with Crippen LogP contribution in [0.5, 0.6) is 0 Å². The second kappa shape index (κ2) is 466. The van der Waals surface area contributed by atoms with Crippen molar-refractivity contribution < 1.29 is 106 Å². The van der Waals surface area contributed by atoms with Gasteiger partial charge in [0, 0.05) is 0 Å². The summed E-state index contributed by atoms with van der Waals surface area (Å²) in [5.74, 6) is 0. The third kappa shape index (κ3) is 383. The van der Waals surface area contributed by atoms with Gasteiger partial charge in [-0.05, 0) is 0 Å². The predicted octanol–water partition coefficient (Wildman–Crippen LogP) is -1.42. The Hall–Kier alpha value is 1.69. The fourth-order valence-electron chi connectivity index (χ4n) is 0. The average Bonchev–Trinajstić information content (AvgIpc) is 0. The molecule has 8 nitrogen and oxygen atoms in total. The Morgan fingerprint density at radius 1 is 0.364 bits per heavy atom. The van der Waals surface area contributed by atoms with Crippen LogP contribution in [-0.4, -0.2) is 43.8 Å². The second-order valence-electron chi connectivity index (χ2n) is 0. The van der Waals surface area contributed by atoms with Crippen LogP contribution in [-0.2, 0) is 62.5 Å². The molecule has 0 aliphatic rings. The zero-order chi connectivity index (χ0) is 0. The standard InChI is InChI=1S/Co.8H2O.Zn.Zr/h;8*1H2;;/q+2;;;;;;;;;+2;+4/p-8. The van der Waals surface area contributed by atoms with Crippen molar-refractivity contribution in [2.75, 3.05) is 0 Å². The van der Waals surface area contributed by atoms with Gasteiger partial charge in [-0.3, -0.25) is 0 Å². The summed E-state index contributed by atoms with van der Waals surface area (Å²) < 4.78 is 0. The van der Waals surface area contributed by atoms with E-state index in [0.717, 1.165) is 0 Å². The molecule has 0 saturated carbocycles. The maximum atomic E-state index is 0. The van der Waals surface area contributed by atoms with Crippen molar-refractivity contribution in [2.24, 2.45) is 0 Å². The minimum absolute atomic E-state index is 0. The Balaban J connectivity index is 0. The first-order valence-corrected chi connectivity index (χ1v) is 0. The Labute approximate surface area is 106 Å². The zero-order valence-electron chi connectivity index (χ0n) is 5.12. The van der Waals surface area contributed by atoms with Crippen molar-refractivity contribution in [1.82, 2.24) is 0 Å². The summed E-state index contributed by atoms with van der Waals surface area (Å²) in [7, 11) is 0. The smallest absolute Gasteiger partial charge is 0.870 e. The van der Waals surface area contributed by atoms with Gasteiger partial charge in [0.25, 0.3) is 0 Å². The van der Waals surface area contributed by atoms with Gasteiger partial charge in [0.2, 0.25) is 0 Å². The van der Waals surface area contributed by atoms with E-state index in [9.17, 15) is 0 Å². The summed E-state index contributed by atoms with van der Waals surface area (Å²) in [6.07, 6.45) is 0. The van der Waals surface area contributed by atoms with Crippen molar-refractivity contribution >= 4 is 0 Å². The SMILES string of the molecule is [Co+2].[OH-].[OH-].[OH-].[OH-].[OH-].[OH-].[OH-].[OH-].[Zn+2].[Zr+4]. The van der Waals surface area contributed by atoms with Gasteiger partial charge in [-0.15, -0.1) is 0 Å². The third-order valence-corrected chi connectivity index (χ3v) is 0. The zero-order valence-corrected chi connectivity index (χ0v) is 11.6. The van der Waals surface area contributed by atoms with E-state index in [4.69, 9.17) is 0 Å². The van der Waals surface area contributed by atoms with Crippen LogP contribution >= 0.6 is 0 Å². The van der Waals surface area contributed by atoms with Crippen molar-refractivity contribution in [3.05, 3.63) is 0 Å². The number of hydrogen-bond donors (Lipinski definition) is 0. The Kier molecular flexibility index (Phi) is 25700. The Bertz CT molecular complexity index is 14.1. The Morgan fingerprint density at radius 2 is 0.364 bits per heavy atom. The van der Waals surface area contributed by atoms with Gasteiger partial charge in [-0.2, -0.15) is 0 Å². The van der Waals surface area contributed by atoms with Crippen molar-refractivity contribution in [3.63, 3.8) is 0 Å². The first-order chi connectivity index (χ1) is 0. The van der Waals surface area contributed by atoms with Crippen molar-refractivity contribution in [2.45, 2.75) is 0 Å². The van der Waals surface area contributed by atoms with Crippen LogP contribution in [0.3, 0.4) is 0 Å². The molecular weight excluding hydrogens is 344 g/mol. The van der Waals surface area contributed by atoms with E-state index in [-0.39, 0.29) is 106 Å². The van der Waals surface area contributed by atoms with Crippen LogP contribution in [0.2, 0.25) is 0 Å². The van der Waals surface area contributed by atoms with Crippen LogP contribution in [0, 0.1) is 0 Å². The van der Waals surface area contributed by atoms with E-state index in [0.29, 0.717) is 0 Å². The molecule has 0 bridgehead atoms. The summed E-state index contributed by atoms with van der Waals surface area (Å²) in [5, 5.41) is 0. The largest absolute Gasteiger partial charge is 4.00 e. The molecule has 71 valence electrons. The first-order valence-electron chi connectivity index (χ1n) is 0. The van der Waals surface area contributed by atoms with Gasteiger partial charge < -0.3 is 43.8 Å². The van der Waals surface area contributed by atoms with E-state index in [2.05, 4.69) is 0 Å². The normalized spacial score (nSPS) is 0. The van der Waals surface area contributed by atoms with Crippen LogP contribution in [0.15, 0.2) is 0 Å². The molecule has 0 aliphatic carbocycles. The number of rotatable bonds is 0. The molecule has 11 heavy (non-hydrogen) atoms. The summed E-state index contributed by atoms with van der Waals surface area (Å²) in [6, 6.07) is 0. The molecular formula is H8CoO8ZnZr. The van der Waals surface area contributed by atoms with E-state index < -0.39 is 0 Å². The molecule has 8 N–H and O–H groups in total. The first kappa shape index (κ1) is 605. The minimum Gasteiger partial charge on any atom is -0.870 e. The minimum atomic E-state index is 0. The summed E-state index contributed by atoms with van der Waals surface area (Å²) >= 11 is 0. The molecule has 0 atom stereocenters. The number of hydrogen-bond acceptors (Lipinski definition) is 8. The van der Waals surface area contributed by atoms with Gasteiger partial charge in [-0.25, -0.2) is 0 Å². The molecule has 0 amide bonds. The molecule has 0 aromatic rings. The summed E-state index contributed by atoms with van der Waals surface area (Å²) in [6.45, 7) is 0. The maximum absolute atomic E-state index is 0. The van der Waals surface area contributed by atoms with E-state index in [1.807, 2.05) is 0 Å². The monoisotopic (exact) mass is 349 g/mol. The van der Waals surface area contributed by atoms with Gasteiger partial charge in [-0.1, -0.05) is 0 Å². The van der Waals surface area contributed by atoms with Crippen LogP contribution in [0.1, 0.15) is 0 Å². The molecule has 0 heterocycles. The molecule has 0 spiro atoms. The van der Waals surface area contributed by atoms with Gasteiger partial charge >= 0.3 is 62.5 Å². The fraction of sp³-hybridized carbons (Fsp3) is 0. The molecule has 0 aliphatic heterocycles. The molecule has 1 radical (unpaired) electrons. The van der Waals surface area contributed by atoms with Crippen LogP contribution < -0.4 is 0 Å². The molecule has 0 aromatic carbocycles. The molecule has 11 heteroatoms. The second-order valence-corrected chi connectivity index (χ2v) is 0. The quantitative estimate of drug-likeness (QED) is 0.467. The summed E-state index contributed by atoms with van der Waals surface area (Å²) in [4.78, 5) is 0.